The predicted molar refractivity (Wildman–Crippen MR) is 114 cm³/mol. The normalized spacial score (nSPS) is 18.9. The predicted octanol–water partition coefficient (Wildman–Crippen LogP) is 5.11. The molecule has 2 aliphatic rings. The second kappa shape index (κ2) is 9.07. The average Bonchev–Trinajstić information content (AvgIpc) is 3.27. The van der Waals surface area contributed by atoms with Crippen LogP contribution in [0, 0.1) is 5.82 Å². The SMILES string of the molecule is CCOc1ccccc1OC1CCN(C(=O)C2(c3cccc(F)c3)CCCC2)CC1. The summed E-state index contributed by atoms with van der Waals surface area (Å²) < 4.78 is 25.8. The number of likely N-dealkylation sites (tertiary alicyclic amines) is 1. The molecule has 1 saturated heterocycles. The van der Waals surface area contributed by atoms with Crippen LogP contribution < -0.4 is 9.47 Å². The molecule has 0 spiro atoms. The zero-order chi connectivity index (χ0) is 21.0. The summed E-state index contributed by atoms with van der Waals surface area (Å²) in [6, 6.07) is 14.3. The van der Waals surface area contributed by atoms with E-state index in [1.165, 1.54) is 6.07 Å². The Morgan fingerprint density at radius 3 is 2.43 bits per heavy atom. The van der Waals surface area contributed by atoms with E-state index in [9.17, 15) is 9.18 Å². The second-order valence-corrected chi connectivity index (χ2v) is 8.29. The molecule has 2 aromatic rings. The van der Waals surface area contributed by atoms with Crippen LogP contribution in [0.2, 0.25) is 0 Å². The van der Waals surface area contributed by atoms with Gasteiger partial charge in [-0.3, -0.25) is 4.79 Å². The van der Waals surface area contributed by atoms with Gasteiger partial charge in [-0.2, -0.15) is 0 Å². The number of carbonyl (C=O) groups excluding carboxylic acids is 1. The number of benzene rings is 2. The van der Waals surface area contributed by atoms with Crippen molar-refractivity contribution in [2.75, 3.05) is 19.7 Å². The van der Waals surface area contributed by atoms with E-state index in [1.807, 2.05) is 42.2 Å². The molecule has 2 fully saturated rings. The molecule has 4 rings (SSSR count). The molecule has 1 aliphatic carbocycles. The van der Waals surface area contributed by atoms with E-state index >= 15 is 0 Å². The fourth-order valence-corrected chi connectivity index (χ4v) is 4.87. The highest BCUT2D eigenvalue weighted by molar-refractivity contribution is 5.88. The number of halogens is 1. The fraction of sp³-hybridized carbons (Fsp3) is 0.480. The van der Waals surface area contributed by atoms with Gasteiger partial charge in [0.15, 0.2) is 11.5 Å². The Balaban J connectivity index is 1.43. The Morgan fingerprint density at radius 2 is 1.77 bits per heavy atom. The molecule has 0 aromatic heterocycles. The van der Waals surface area contributed by atoms with Crippen LogP contribution in [-0.2, 0) is 10.2 Å². The van der Waals surface area contributed by atoms with E-state index in [1.54, 1.807) is 12.1 Å². The number of piperidine rings is 1. The van der Waals surface area contributed by atoms with E-state index in [0.29, 0.717) is 19.7 Å². The van der Waals surface area contributed by atoms with Gasteiger partial charge in [0.2, 0.25) is 5.91 Å². The van der Waals surface area contributed by atoms with Gasteiger partial charge >= 0.3 is 0 Å². The number of para-hydroxylation sites is 2. The standard InChI is InChI=1S/C25H30FNO3/c1-2-29-22-10-3-4-11-23(22)30-21-12-16-27(17-13-21)24(28)25(14-5-6-15-25)19-8-7-9-20(26)18-19/h3-4,7-11,18,21H,2,5-6,12-17H2,1H3. The molecule has 0 N–H and O–H groups in total. The fourth-order valence-electron chi connectivity index (χ4n) is 4.87. The number of ether oxygens (including phenoxy) is 2. The van der Waals surface area contributed by atoms with Gasteiger partial charge in [-0.15, -0.1) is 0 Å². The molecule has 0 atom stereocenters. The van der Waals surface area contributed by atoms with Crippen molar-refractivity contribution in [3.8, 4) is 11.5 Å². The van der Waals surface area contributed by atoms with Crippen molar-refractivity contribution in [2.24, 2.45) is 0 Å². The zero-order valence-corrected chi connectivity index (χ0v) is 17.6. The van der Waals surface area contributed by atoms with Crippen molar-refractivity contribution in [2.45, 2.75) is 57.0 Å². The van der Waals surface area contributed by atoms with E-state index in [2.05, 4.69) is 0 Å². The smallest absolute Gasteiger partial charge is 0.233 e. The quantitative estimate of drug-likeness (QED) is 0.663. The number of rotatable bonds is 6. The molecule has 1 heterocycles. The molecule has 160 valence electrons. The Bertz CT molecular complexity index is 870. The lowest BCUT2D eigenvalue weighted by Gasteiger charge is -2.39. The maximum Gasteiger partial charge on any atom is 0.233 e. The summed E-state index contributed by atoms with van der Waals surface area (Å²) in [6.45, 7) is 3.88. The summed E-state index contributed by atoms with van der Waals surface area (Å²) in [5.41, 5.74) is 0.256. The van der Waals surface area contributed by atoms with Crippen LogP contribution >= 0.6 is 0 Å². The molecule has 0 bridgehead atoms. The summed E-state index contributed by atoms with van der Waals surface area (Å²) >= 11 is 0. The number of hydrogen-bond donors (Lipinski definition) is 0. The van der Waals surface area contributed by atoms with Crippen LogP contribution in [-0.4, -0.2) is 36.6 Å². The van der Waals surface area contributed by atoms with E-state index in [0.717, 1.165) is 55.6 Å². The maximum atomic E-state index is 13.9. The van der Waals surface area contributed by atoms with Gasteiger partial charge in [0, 0.05) is 25.9 Å². The lowest BCUT2D eigenvalue weighted by Crippen LogP contribution is -2.50. The summed E-state index contributed by atoms with van der Waals surface area (Å²) in [4.78, 5) is 15.5. The summed E-state index contributed by atoms with van der Waals surface area (Å²) in [7, 11) is 0. The first kappa shape index (κ1) is 20.7. The van der Waals surface area contributed by atoms with Crippen molar-refractivity contribution in [3.05, 3.63) is 59.9 Å². The van der Waals surface area contributed by atoms with Gasteiger partial charge in [0.1, 0.15) is 11.9 Å². The van der Waals surface area contributed by atoms with Gasteiger partial charge < -0.3 is 14.4 Å². The average molecular weight is 412 g/mol. The molecule has 5 heteroatoms. The van der Waals surface area contributed by atoms with E-state index in [-0.39, 0.29) is 17.8 Å². The van der Waals surface area contributed by atoms with Gasteiger partial charge in [-0.05, 0) is 49.6 Å². The van der Waals surface area contributed by atoms with Gasteiger partial charge in [0.25, 0.3) is 0 Å². The highest BCUT2D eigenvalue weighted by Crippen LogP contribution is 2.43. The molecule has 1 amide bonds. The van der Waals surface area contributed by atoms with Crippen molar-refractivity contribution in [3.63, 3.8) is 0 Å². The van der Waals surface area contributed by atoms with Gasteiger partial charge in [0.05, 0.1) is 12.0 Å². The molecular formula is C25H30FNO3. The van der Waals surface area contributed by atoms with Crippen LogP contribution in [0.1, 0.15) is 51.0 Å². The van der Waals surface area contributed by atoms with Crippen molar-refractivity contribution >= 4 is 5.91 Å². The second-order valence-electron chi connectivity index (χ2n) is 8.29. The largest absolute Gasteiger partial charge is 0.490 e. The molecular weight excluding hydrogens is 381 g/mol. The van der Waals surface area contributed by atoms with E-state index in [4.69, 9.17) is 9.47 Å². The van der Waals surface area contributed by atoms with Crippen LogP contribution in [0.5, 0.6) is 11.5 Å². The number of hydrogen-bond acceptors (Lipinski definition) is 3. The van der Waals surface area contributed by atoms with Gasteiger partial charge in [-0.1, -0.05) is 37.1 Å². The maximum absolute atomic E-state index is 13.9. The highest BCUT2D eigenvalue weighted by Gasteiger charge is 2.45. The first-order valence-electron chi connectivity index (χ1n) is 11.1. The molecule has 2 aromatic carbocycles. The van der Waals surface area contributed by atoms with Crippen molar-refractivity contribution in [1.82, 2.24) is 4.90 Å². The molecule has 1 aliphatic heterocycles. The molecule has 4 nitrogen and oxygen atoms in total. The van der Waals surface area contributed by atoms with Gasteiger partial charge in [-0.25, -0.2) is 4.39 Å². The first-order chi connectivity index (χ1) is 14.6. The number of nitrogens with zero attached hydrogens (tertiary/aromatic N) is 1. The monoisotopic (exact) mass is 411 g/mol. The zero-order valence-electron chi connectivity index (χ0n) is 17.6. The molecule has 1 saturated carbocycles. The minimum Gasteiger partial charge on any atom is -0.490 e. The lowest BCUT2D eigenvalue weighted by atomic mass is 9.77. The summed E-state index contributed by atoms with van der Waals surface area (Å²) in [5.74, 6) is 1.40. The first-order valence-corrected chi connectivity index (χ1v) is 11.1. The van der Waals surface area contributed by atoms with E-state index < -0.39 is 5.41 Å². The lowest BCUT2D eigenvalue weighted by molar-refractivity contribution is -0.139. The topological polar surface area (TPSA) is 38.8 Å². The molecule has 0 unspecified atom stereocenters. The Kier molecular flexibility index (Phi) is 6.26. The van der Waals surface area contributed by atoms with Crippen molar-refractivity contribution < 1.29 is 18.7 Å². The Labute approximate surface area is 178 Å². The summed E-state index contributed by atoms with van der Waals surface area (Å²) in [6.07, 6.45) is 5.24. The molecule has 0 radical (unpaired) electrons. The third kappa shape index (κ3) is 4.16. The number of amides is 1. The minimum absolute atomic E-state index is 0.0596. The van der Waals surface area contributed by atoms with Crippen LogP contribution in [0.3, 0.4) is 0 Å². The minimum atomic E-state index is -0.572. The summed E-state index contributed by atoms with van der Waals surface area (Å²) in [5, 5.41) is 0. The molecule has 30 heavy (non-hydrogen) atoms. The van der Waals surface area contributed by atoms with Crippen molar-refractivity contribution in [1.29, 1.82) is 0 Å². The van der Waals surface area contributed by atoms with Crippen LogP contribution in [0.25, 0.3) is 0 Å². The highest BCUT2D eigenvalue weighted by atomic mass is 19.1. The number of carbonyl (C=O) groups is 1. The Hall–Kier alpha value is -2.56. The Morgan fingerprint density at radius 1 is 1.07 bits per heavy atom. The third-order valence-electron chi connectivity index (χ3n) is 6.42. The van der Waals surface area contributed by atoms with Crippen LogP contribution in [0.15, 0.2) is 48.5 Å². The third-order valence-corrected chi connectivity index (χ3v) is 6.42. The van der Waals surface area contributed by atoms with Crippen LogP contribution in [0.4, 0.5) is 4.39 Å².